The zero-order chi connectivity index (χ0) is 16.4. The third-order valence-electron chi connectivity index (χ3n) is 4.04. The summed E-state index contributed by atoms with van der Waals surface area (Å²) in [6.45, 7) is 1.69. The monoisotopic (exact) mass is 319 g/mol. The Hall–Kier alpha value is -3.08. The van der Waals surface area contributed by atoms with Crippen molar-refractivity contribution in [3.8, 4) is 5.75 Å². The number of aromatic nitrogens is 2. The lowest BCUT2D eigenvalue weighted by atomic mass is 10.2. The molecule has 2 heterocycles. The molecule has 0 radical (unpaired) electrons. The summed E-state index contributed by atoms with van der Waals surface area (Å²) in [6.07, 6.45) is 3.43. The Morgan fingerprint density at radius 2 is 1.88 bits per heavy atom. The second-order valence-corrected chi connectivity index (χ2v) is 5.69. The first-order chi connectivity index (χ1) is 11.8. The second kappa shape index (κ2) is 6.20. The van der Waals surface area contributed by atoms with Crippen molar-refractivity contribution < 1.29 is 9.53 Å². The molecule has 1 aliphatic rings. The summed E-state index contributed by atoms with van der Waals surface area (Å²) < 4.78 is 7.40. The van der Waals surface area contributed by atoms with E-state index in [4.69, 9.17) is 4.74 Å². The predicted octanol–water partition coefficient (Wildman–Crippen LogP) is 2.97. The van der Waals surface area contributed by atoms with E-state index in [2.05, 4.69) is 5.10 Å². The Morgan fingerprint density at radius 3 is 2.75 bits per heavy atom. The lowest BCUT2D eigenvalue weighted by Gasteiger charge is -2.29. The fourth-order valence-corrected chi connectivity index (χ4v) is 2.87. The minimum absolute atomic E-state index is 0.0509. The number of carbonyl (C=O) groups excluding carboxylic acids is 1. The quantitative estimate of drug-likeness (QED) is 0.745. The number of hydrogen-bond donors (Lipinski definition) is 0. The van der Waals surface area contributed by atoms with Gasteiger partial charge in [-0.1, -0.05) is 42.5 Å². The molecule has 0 spiro atoms. The number of carbonyl (C=O) groups is 1. The average Bonchev–Trinajstić information content (AvgIpc) is 3.10. The second-order valence-electron chi connectivity index (χ2n) is 5.69. The van der Waals surface area contributed by atoms with Crippen LogP contribution >= 0.6 is 0 Å². The number of hydrogen-bond acceptors (Lipinski definition) is 3. The van der Waals surface area contributed by atoms with Crippen LogP contribution in [0.5, 0.6) is 5.75 Å². The van der Waals surface area contributed by atoms with Gasteiger partial charge in [0.25, 0.3) is 5.91 Å². The average molecular weight is 319 g/mol. The highest BCUT2D eigenvalue weighted by Gasteiger charge is 2.25. The summed E-state index contributed by atoms with van der Waals surface area (Å²) in [5, 5.41) is 4.32. The fourth-order valence-electron chi connectivity index (χ4n) is 2.87. The summed E-state index contributed by atoms with van der Waals surface area (Å²) >= 11 is 0. The van der Waals surface area contributed by atoms with Crippen LogP contribution in [0.1, 0.15) is 15.9 Å². The number of amides is 1. The Bertz CT molecular complexity index is 858. The van der Waals surface area contributed by atoms with Crippen molar-refractivity contribution in [1.29, 1.82) is 0 Å². The zero-order valence-corrected chi connectivity index (χ0v) is 13.1. The molecular formula is C19H17N3O2. The van der Waals surface area contributed by atoms with E-state index < -0.39 is 0 Å². The van der Waals surface area contributed by atoms with E-state index in [1.807, 2.05) is 54.6 Å². The summed E-state index contributed by atoms with van der Waals surface area (Å²) in [7, 11) is 0. The summed E-state index contributed by atoms with van der Waals surface area (Å²) in [5.74, 6) is 0.693. The van der Waals surface area contributed by atoms with Gasteiger partial charge >= 0.3 is 0 Å². The van der Waals surface area contributed by atoms with Gasteiger partial charge < -0.3 is 9.64 Å². The van der Waals surface area contributed by atoms with E-state index in [0.29, 0.717) is 25.3 Å². The number of benzene rings is 2. The van der Waals surface area contributed by atoms with E-state index in [1.165, 1.54) is 0 Å². The molecule has 0 N–H and O–H groups in total. The van der Waals surface area contributed by atoms with Crippen LogP contribution < -0.4 is 9.64 Å². The van der Waals surface area contributed by atoms with E-state index >= 15 is 0 Å². The lowest BCUT2D eigenvalue weighted by molar-refractivity contribution is 0.0976. The Morgan fingerprint density at radius 1 is 1.08 bits per heavy atom. The van der Waals surface area contributed by atoms with Crippen molar-refractivity contribution in [3.63, 3.8) is 0 Å². The van der Waals surface area contributed by atoms with Crippen LogP contribution in [0.3, 0.4) is 0 Å². The molecule has 24 heavy (non-hydrogen) atoms. The highest BCUT2D eigenvalue weighted by molar-refractivity contribution is 6.06. The highest BCUT2D eigenvalue weighted by atomic mass is 16.5. The molecule has 0 unspecified atom stereocenters. The van der Waals surface area contributed by atoms with E-state index in [9.17, 15) is 4.79 Å². The maximum Gasteiger partial charge on any atom is 0.261 e. The molecule has 0 atom stereocenters. The van der Waals surface area contributed by atoms with Crippen LogP contribution in [0.4, 0.5) is 5.69 Å². The van der Waals surface area contributed by atoms with Gasteiger partial charge in [-0.05, 0) is 17.7 Å². The van der Waals surface area contributed by atoms with Gasteiger partial charge in [0, 0.05) is 6.20 Å². The molecule has 3 aromatic rings. The molecule has 5 nitrogen and oxygen atoms in total. The Labute approximate surface area is 140 Å². The van der Waals surface area contributed by atoms with Gasteiger partial charge in [0.05, 0.1) is 30.5 Å². The maximum absolute atomic E-state index is 12.8. The number of fused-ring (bicyclic) bond motifs is 1. The van der Waals surface area contributed by atoms with E-state index in [-0.39, 0.29) is 5.91 Å². The number of anilines is 1. The minimum atomic E-state index is -0.0509. The van der Waals surface area contributed by atoms with E-state index in [1.54, 1.807) is 22.0 Å². The summed E-state index contributed by atoms with van der Waals surface area (Å²) in [4.78, 5) is 14.6. The molecular weight excluding hydrogens is 302 g/mol. The van der Waals surface area contributed by atoms with Crippen LogP contribution in [0.25, 0.3) is 0 Å². The molecule has 0 aliphatic carbocycles. The molecule has 4 rings (SSSR count). The molecule has 0 fully saturated rings. The first kappa shape index (κ1) is 14.5. The SMILES string of the molecule is O=C(c1cnn(Cc2ccccc2)c1)N1CCOc2ccccc21. The topological polar surface area (TPSA) is 47.4 Å². The fraction of sp³-hybridized carbons (Fsp3) is 0.158. The van der Waals surface area contributed by atoms with Gasteiger partial charge in [-0.15, -0.1) is 0 Å². The van der Waals surface area contributed by atoms with Crippen molar-refractivity contribution in [2.45, 2.75) is 6.54 Å². The number of para-hydroxylation sites is 2. The van der Waals surface area contributed by atoms with Crippen molar-refractivity contribution in [1.82, 2.24) is 9.78 Å². The van der Waals surface area contributed by atoms with Crippen molar-refractivity contribution in [2.75, 3.05) is 18.1 Å². The molecule has 1 amide bonds. The molecule has 1 aromatic heterocycles. The molecule has 0 bridgehead atoms. The largest absolute Gasteiger partial charge is 0.490 e. The van der Waals surface area contributed by atoms with Gasteiger partial charge in [0.2, 0.25) is 0 Å². The predicted molar refractivity (Wildman–Crippen MR) is 91.4 cm³/mol. The normalized spacial score (nSPS) is 13.2. The summed E-state index contributed by atoms with van der Waals surface area (Å²) in [6, 6.07) is 17.7. The van der Waals surface area contributed by atoms with Crippen molar-refractivity contribution in [2.24, 2.45) is 0 Å². The zero-order valence-electron chi connectivity index (χ0n) is 13.1. The molecule has 0 saturated carbocycles. The molecule has 0 saturated heterocycles. The van der Waals surface area contributed by atoms with Gasteiger partial charge in [0.1, 0.15) is 12.4 Å². The first-order valence-electron chi connectivity index (χ1n) is 7.91. The Kier molecular flexibility index (Phi) is 3.75. The minimum Gasteiger partial charge on any atom is -0.490 e. The molecule has 2 aromatic carbocycles. The van der Waals surface area contributed by atoms with Gasteiger partial charge in [-0.3, -0.25) is 9.48 Å². The third kappa shape index (κ3) is 2.76. The van der Waals surface area contributed by atoms with Crippen LogP contribution in [0, 0.1) is 0 Å². The Balaban J connectivity index is 1.56. The van der Waals surface area contributed by atoms with Crippen molar-refractivity contribution in [3.05, 3.63) is 78.1 Å². The van der Waals surface area contributed by atoms with Crippen LogP contribution in [0.15, 0.2) is 67.0 Å². The van der Waals surface area contributed by atoms with Crippen LogP contribution in [-0.2, 0) is 6.54 Å². The third-order valence-corrected chi connectivity index (χ3v) is 4.04. The molecule has 5 heteroatoms. The number of nitrogens with zero attached hydrogens (tertiary/aromatic N) is 3. The standard InChI is InChI=1S/C19H17N3O2/c23-19(22-10-11-24-18-9-5-4-8-17(18)22)16-12-20-21(14-16)13-15-6-2-1-3-7-15/h1-9,12,14H,10-11,13H2. The number of rotatable bonds is 3. The van der Waals surface area contributed by atoms with Crippen LogP contribution in [-0.4, -0.2) is 28.8 Å². The van der Waals surface area contributed by atoms with Crippen LogP contribution in [0.2, 0.25) is 0 Å². The summed E-state index contributed by atoms with van der Waals surface area (Å²) in [5.41, 5.74) is 2.54. The first-order valence-corrected chi connectivity index (χ1v) is 7.91. The van der Waals surface area contributed by atoms with Gasteiger partial charge in [-0.25, -0.2) is 0 Å². The van der Waals surface area contributed by atoms with Crippen molar-refractivity contribution >= 4 is 11.6 Å². The van der Waals surface area contributed by atoms with Gasteiger partial charge in [-0.2, -0.15) is 5.10 Å². The molecule has 1 aliphatic heterocycles. The highest BCUT2D eigenvalue weighted by Crippen LogP contribution is 2.31. The van der Waals surface area contributed by atoms with Gasteiger partial charge in [0.15, 0.2) is 0 Å². The number of ether oxygens (including phenoxy) is 1. The van der Waals surface area contributed by atoms with E-state index in [0.717, 1.165) is 17.0 Å². The molecule has 120 valence electrons. The maximum atomic E-state index is 12.8. The lowest BCUT2D eigenvalue weighted by Crippen LogP contribution is -2.37. The smallest absolute Gasteiger partial charge is 0.261 e.